The van der Waals surface area contributed by atoms with E-state index in [0.29, 0.717) is 6.04 Å². The fourth-order valence-corrected chi connectivity index (χ4v) is 2.19. The number of benzene rings is 1. The molecule has 1 aliphatic heterocycles. The van der Waals surface area contributed by atoms with Crippen LogP contribution in [-0.2, 0) is 4.74 Å². The summed E-state index contributed by atoms with van der Waals surface area (Å²) >= 11 is 0. The van der Waals surface area contributed by atoms with Crippen molar-refractivity contribution < 1.29 is 9.53 Å². The molecule has 1 aromatic carbocycles. The summed E-state index contributed by atoms with van der Waals surface area (Å²) < 4.78 is 5.21. The van der Waals surface area contributed by atoms with Crippen LogP contribution < -0.4 is 10.6 Å². The molecule has 1 fully saturated rings. The van der Waals surface area contributed by atoms with Gasteiger partial charge in [0, 0.05) is 11.7 Å². The van der Waals surface area contributed by atoms with Crippen molar-refractivity contribution in [2.75, 3.05) is 11.9 Å². The number of anilines is 1. The molecular formula is C15H22N2O2. The quantitative estimate of drug-likeness (QED) is 0.858. The zero-order chi connectivity index (χ0) is 13.9. The van der Waals surface area contributed by atoms with Gasteiger partial charge in [-0.25, -0.2) is 4.79 Å². The number of carbonyl (C=O) groups is 1. The molecule has 4 nitrogen and oxygen atoms in total. The van der Waals surface area contributed by atoms with Crippen molar-refractivity contribution in [2.24, 2.45) is 0 Å². The summed E-state index contributed by atoms with van der Waals surface area (Å²) in [5, 5.41) is 6.19. The van der Waals surface area contributed by atoms with Crippen LogP contribution in [0.15, 0.2) is 24.3 Å². The fourth-order valence-electron chi connectivity index (χ4n) is 2.19. The molecule has 0 radical (unpaired) electrons. The van der Waals surface area contributed by atoms with Crippen LogP contribution in [0.2, 0.25) is 0 Å². The molecule has 1 amide bonds. The Morgan fingerprint density at radius 1 is 1.32 bits per heavy atom. The van der Waals surface area contributed by atoms with Crippen molar-refractivity contribution in [3.63, 3.8) is 0 Å². The lowest BCUT2D eigenvalue weighted by atomic mass is 10.1. The van der Waals surface area contributed by atoms with Gasteiger partial charge in [-0.2, -0.15) is 0 Å². The second-order valence-electron chi connectivity index (χ2n) is 5.90. The predicted molar refractivity (Wildman–Crippen MR) is 76.3 cm³/mol. The normalized spacial score (nSPS) is 19.2. The highest BCUT2D eigenvalue weighted by Crippen LogP contribution is 2.24. The highest BCUT2D eigenvalue weighted by atomic mass is 16.6. The zero-order valence-electron chi connectivity index (χ0n) is 11.8. The molecule has 0 unspecified atom stereocenters. The second-order valence-corrected chi connectivity index (χ2v) is 5.90. The van der Waals surface area contributed by atoms with Gasteiger partial charge in [-0.3, -0.25) is 5.32 Å². The van der Waals surface area contributed by atoms with Crippen LogP contribution in [0.25, 0.3) is 0 Å². The Bertz CT molecular complexity index is 428. The number of rotatable bonds is 2. The monoisotopic (exact) mass is 262 g/mol. The summed E-state index contributed by atoms with van der Waals surface area (Å²) in [4.78, 5) is 11.6. The highest BCUT2D eigenvalue weighted by molar-refractivity contribution is 5.84. The third-order valence-electron chi connectivity index (χ3n) is 3.02. The van der Waals surface area contributed by atoms with Gasteiger partial charge in [0.25, 0.3) is 0 Å². The predicted octanol–water partition coefficient (Wildman–Crippen LogP) is 3.46. The topological polar surface area (TPSA) is 50.4 Å². The van der Waals surface area contributed by atoms with E-state index in [0.717, 1.165) is 12.2 Å². The average molecular weight is 262 g/mol. The molecule has 1 saturated heterocycles. The molecule has 4 heteroatoms. The fraction of sp³-hybridized carbons (Fsp3) is 0.533. The van der Waals surface area contributed by atoms with E-state index in [1.54, 1.807) is 0 Å². The van der Waals surface area contributed by atoms with Gasteiger partial charge in [-0.15, -0.1) is 0 Å². The van der Waals surface area contributed by atoms with E-state index in [2.05, 4.69) is 22.8 Å². The molecule has 2 rings (SSSR count). The standard InChI is InChI=1S/C15H22N2O2/c1-15(2,3)19-14(18)17-12-8-6-11(7-9-12)13-5-4-10-16-13/h6-9,13,16H,4-5,10H2,1-3H3,(H,17,18)/t13-/m0/s1. The van der Waals surface area contributed by atoms with Crippen LogP contribution in [0.5, 0.6) is 0 Å². The smallest absolute Gasteiger partial charge is 0.412 e. The van der Waals surface area contributed by atoms with Crippen molar-refractivity contribution in [2.45, 2.75) is 45.3 Å². The Labute approximate surface area is 114 Å². The Morgan fingerprint density at radius 3 is 2.53 bits per heavy atom. The van der Waals surface area contributed by atoms with Crippen molar-refractivity contribution in [3.8, 4) is 0 Å². The minimum atomic E-state index is -0.474. The Balaban J connectivity index is 1.93. The number of hydrogen-bond donors (Lipinski definition) is 2. The van der Waals surface area contributed by atoms with Crippen LogP contribution in [0, 0.1) is 0 Å². The van der Waals surface area contributed by atoms with Gasteiger partial charge >= 0.3 is 6.09 Å². The maximum Gasteiger partial charge on any atom is 0.412 e. The molecule has 0 aromatic heterocycles. The van der Waals surface area contributed by atoms with E-state index in [9.17, 15) is 4.79 Å². The number of hydrogen-bond acceptors (Lipinski definition) is 3. The lowest BCUT2D eigenvalue weighted by Crippen LogP contribution is -2.27. The Morgan fingerprint density at radius 2 is 2.00 bits per heavy atom. The summed E-state index contributed by atoms with van der Waals surface area (Å²) in [6.07, 6.45) is 1.99. The molecule has 0 aliphatic carbocycles. The minimum Gasteiger partial charge on any atom is -0.444 e. The molecule has 1 atom stereocenters. The van der Waals surface area contributed by atoms with Gasteiger partial charge in [0.15, 0.2) is 0 Å². The van der Waals surface area contributed by atoms with E-state index < -0.39 is 11.7 Å². The van der Waals surface area contributed by atoms with Gasteiger partial charge in [-0.1, -0.05) is 12.1 Å². The van der Waals surface area contributed by atoms with Gasteiger partial charge in [0.05, 0.1) is 0 Å². The first-order chi connectivity index (χ1) is 8.94. The van der Waals surface area contributed by atoms with E-state index in [-0.39, 0.29) is 0 Å². The van der Waals surface area contributed by atoms with Crippen molar-refractivity contribution >= 4 is 11.8 Å². The van der Waals surface area contributed by atoms with Crippen molar-refractivity contribution in [3.05, 3.63) is 29.8 Å². The SMILES string of the molecule is CC(C)(C)OC(=O)Nc1ccc([C@@H]2CCCN2)cc1. The summed E-state index contributed by atoms with van der Waals surface area (Å²) in [5.74, 6) is 0. The zero-order valence-corrected chi connectivity index (χ0v) is 11.8. The number of amides is 1. The Kier molecular flexibility index (Phi) is 4.10. The van der Waals surface area contributed by atoms with E-state index in [1.807, 2.05) is 32.9 Å². The van der Waals surface area contributed by atoms with Crippen LogP contribution >= 0.6 is 0 Å². The maximum atomic E-state index is 11.6. The van der Waals surface area contributed by atoms with Gasteiger partial charge in [0.1, 0.15) is 5.60 Å². The Hall–Kier alpha value is -1.55. The maximum absolute atomic E-state index is 11.6. The molecular weight excluding hydrogens is 240 g/mol. The van der Waals surface area contributed by atoms with Crippen molar-refractivity contribution in [1.82, 2.24) is 5.32 Å². The molecule has 0 saturated carbocycles. The molecule has 1 aromatic rings. The third kappa shape index (κ3) is 4.24. The summed E-state index contributed by atoms with van der Waals surface area (Å²) in [5.41, 5.74) is 1.56. The first kappa shape index (κ1) is 13.9. The van der Waals surface area contributed by atoms with Crippen LogP contribution in [0.1, 0.15) is 45.2 Å². The molecule has 1 heterocycles. The van der Waals surface area contributed by atoms with Crippen LogP contribution in [0.4, 0.5) is 10.5 Å². The first-order valence-corrected chi connectivity index (χ1v) is 6.77. The van der Waals surface area contributed by atoms with Crippen LogP contribution in [0.3, 0.4) is 0 Å². The molecule has 104 valence electrons. The van der Waals surface area contributed by atoms with E-state index in [4.69, 9.17) is 4.74 Å². The largest absolute Gasteiger partial charge is 0.444 e. The second kappa shape index (κ2) is 5.61. The first-order valence-electron chi connectivity index (χ1n) is 6.77. The molecule has 2 N–H and O–H groups in total. The average Bonchev–Trinajstić information content (AvgIpc) is 2.80. The molecule has 19 heavy (non-hydrogen) atoms. The van der Waals surface area contributed by atoms with Gasteiger partial charge in [-0.05, 0) is 57.9 Å². The summed E-state index contributed by atoms with van der Waals surface area (Å²) in [6, 6.07) is 8.39. The number of ether oxygens (including phenoxy) is 1. The molecule has 0 bridgehead atoms. The summed E-state index contributed by atoms with van der Waals surface area (Å²) in [6.45, 7) is 6.63. The van der Waals surface area contributed by atoms with Crippen molar-refractivity contribution in [1.29, 1.82) is 0 Å². The molecule has 1 aliphatic rings. The third-order valence-corrected chi connectivity index (χ3v) is 3.02. The molecule has 0 spiro atoms. The van der Waals surface area contributed by atoms with Gasteiger partial charge < -0.3 is 10.1 Å². The van der Waals surface area contributed by atoms with E-state index in [1.165, 1.54) is 18.4 Å². The summed E-state index contributed by atoms with van der Waals surface area (Å²) in [7, 11) is 0. The lowest BCUT2D eigenvalue weighted by molar-refractivity contribution is 0.0636. The minimum absolute atomic E-state index is 0.417. The number of carbonyl (C=O) groups excluding carboxylic acids is 1. The van der Waals surface area contributed by atoms with Gasteiger partial charge in [0.2, 0.25) is 0 Å². The number of nitrogens with one attached hydrogen (secondary N) is 2. The lowest BCUT2D eigenvalue weighted by Gasteiger charge is -2.19. The highest BCUT2D eigenvalue weighted by Gasteiger charge is 2.17. The van der Waals surface area contributed by atoms with E-state index >= 15 is 0 Å². The van der Waals surface area contributed by atoms with Crippen LogP contribution in [-0.4, -0.2) is 18.2 Å².